The summed E-state index contributed by atoms with van der Waals surface area (Å²) in [4.78, 5) is 27.0. The first-order chi connectivity index (χ1) is 6.73. The number of hydrogen-bond acceptors (Lipinski definition) is 4. The quantitative estimate of drug-likeness (QED) is 0.677. The van der Waals surface area contributed by atoms with Gasteiger partial charge in [-0.05, 0) is 40.5 Å². The van der Waals surface area contributed by atoms with Crippen molar-refractivity contribution in [1.29, 1.82) is 0 Å². The lowest BCUT2D eigenvalue weighted by Gasteiger charge is -2.19. The van der Waals surface area contributed by atoms with Crippen molar-refractivity contribution in [3.63, 3.8) is 0 Å². The van der Waals surface area contributed by atoms with Gasteiger partial charge < -0.3 is 9.57 Å². The lowest BCUT2D eigenvalue weighted by molar-refractivity contribution is -0.156. The van der Waals surface area contributed by atoms with Crippen LogP contribution in [-0.2, 0) is 14.4 Å². The van der Waals surface area contributed by atoms with Crippen LogP contribution in [-0.4, -0.2) is 17.7 Å². The Kier molecular flexibility index (Phi) is 2.93. The van der Waals surface area contributed by atoms with Gasteiger partial charge in [0.2, 0.25) is 0 Å². The van der Waals surface area contributed by atoms with Crippen LogP contribution in [0.15, 0.2) is 0 Å². The van der Waals surface area contributed by atoms with Crippen LogP contribution in [0, 0.1) is 5.41 Å². The predicted octanol–water partition coefficient (Wildman–Crippen LogP) is 1.77. The molecule has 0 spiro atoms. The minimum atomic E-state index is -0.750. The molecule has 0 heterocycles. The van der Waals surface area contributed by atoms with E-state index in [0.29, 0.717) is 0 Å². The van der Waals surface area contributed by atoms with E-state index in [0.717, 1.165) is 12.8 Å². The molecule has 15 heavy (non-hydrogen) atoms. The van der Waals surface area contributed by atoms with Crippen LogP contribution in [0.5, 0.6) is 0 Å². The molecule has 0 radical (unpaired) electrons. The van der Waals surface area contributed by atoms with Crippen molar-refractivity contribution >= 4 is 12.1 Å². The van der Waals surface area contributed by atoms with E-state index in [2.05, 4.69) is 4.84 Å². The molecule has 0 aromatic carbocycles. The fourth-order valence-electron chi connectivity index (χ4n) is 0.902. The van der Waals surface area contributed by atoms with Crippen LogP contribution < -0.4 is 5.48 Å². The van der Waals surface area contributed by atoms with Gasteiger partial charge in [-0.25, -0.2) is 9.59 Å². The van der Waals surface area contributed by atoms with E-state index in [1.54, 1.807) is 27.7 Å². The number of hydroxylamine groups is 1. The zero-order valence-corrected chi connectivity index (χ0v) is 9.55. The molecule has 0 aromatic heterocycles. The molecule has 1 aliphatic carbocycles. The van der Waals surface area contributed by atoms with Gasteiger partial charge in [0.05, 0.1) is 5.41 Å². The Morgan fingerprint density at radius 2 is 1.80 bits per heavy atom. The number of carbonyl (C=O) groups excluding carboxylic acids is 2. The average molecular weight is 215 g/mol. The molecule has 0 saturated heterocycles. The Morgan fingerprint density at radius 3 is 2.20 bits per heavy atom. The molecule has 1 amide bonds. The normalized spacial score (nSPS) is 17.9. The predicted molar refractivity (Wildman–Crippen MR) is 52.8 cm³/mol. The standard InChI is InChI=1S/C10H17NO4/c1-9(2,3)14-8(13)11-15-7(12)10(4)5-6-10/h5-6H2,1-4H3,(H,11,13). The highest BCUT2D eigenvalue weighted by Gasteiger charge is 2.47. The fourth-order valence-corrected chi connectivity index (χ4v) is 0.902. The van der Waals surface area contributed by atoms with E-state index in [9.17, 15) is 9.59 Å². The van der Waals surface area contributed by atoms with Gasteiger partial charge in [-0.2, -0.15) is 0 Å². The van der Waals surface area contributed by atoms with Gasteiger partial charge in [-0.3, -0.25) is 0 Å². The zero-order chi connectivity index (χ0) is 11.7. The Bertz CT molecular complexity index is 276. The molecule has 5 nitrogen and oxygen atoms in total. The van der Waals surface area contributed by atoms with Crippen molar-refractivity contribution < 1.29 is 19.2 Å². The first-order valence-corrected chi connectivity index (χ1v) is 4.93. The van der Waals surface area contributed by atoms with Crippen LogP contribution >= 0.6 is 0 Å². The first kappa shape index (κ1) is 11.8. The molecule has 86 valence electrons. The van der Waals surface area contributed by atoms with E-state index in [1.807, 2.05) is 5.48 Å². The third-order valence-corrected chi connectivity index (χ3v) is 2.12. The number of ether oxygens (including phenoxy) is 1. The van der Waals surface area contributed by atoms with Crippen molar-refractivity contribution in [2.45, 2.75) is 46.1 Å². The Labute approximate surface area is 89.1 Å². The number of amides is 1. The van der Waals surface area contributed by atoms with E-state index in [-0.39, 0.29) is 0 Å². The zero-order valence-electron chi connectivity index (χ0n) is 9.55. The fraction of sp³-hybridized carbons (Fsp3) is 0.800. The molecule has 0 aliphatic heterocycles. The summed E-state index contributed by atoms with van der Waals surface area (Å²) in [6.07, 6.45) is 0.865. The summed E-state index contributed by atoms with van der Waals surface area (Å²) in [7, 11) is 0. The Balaban J connectivity index is 2.25. The maximum absolute atomic E-state index is 11.3. The highest BCUT2D eigenvalue weighted by atomic mass is 16.7. The maximum atomic E-state index is 11.3. The molecule has 0 bridgehead atoms. The van der Waals surface area contributed by atoms with Crippen LogP contribution in [0.2, 0.25) is 0 Å². The summed E-state index contributed by atoms with van der Waals surface area (Å²) >= 11 is 0. The molecule has 0 aromatic rings. The minimum absolute atomic E-state index is 0.408. The lowest BCUT2D eigenvalue weighted by Crippen LogP contribution is -2.35. The second-order valence-corrected chi connectivity index (χ2v) is 5.05. The van der Waals surface area contributed by atoms with Crippen LogP contribution in [0.1, 0.15) is 40.5 Å². The minimum Gasteiger partial charge on any atom is -0.442 e. The number of hydrogen-bond donors (Lipinski definition) is 1. The third kappa shape index (κ3) is 3.77. The summed E-state index contributed by atoms with van der Waals surface area (Å²) in [5.41, 5.74) is 0.970. The van der Waals surface area contributed by atoms with Crippen LogP contribution in [0.25, 0.3) is 0 Å². The molecule has 1 aliphatic rings. The van der Waals surface area contributed by atoms with Crippen molar-refractivity contribution in [3.05, 3.63) is 0 Å². The van der Waals surface area contributed by atoms with Crippen LogP contribution in [0.4, 0.5) is 4.79 Å². The Morgan fingerprint density at radius 1 is 1.27 bits per heavy atom. The van der Waals surface area contributed by atoms with Gasteiger partial charge in [0.1, 0.15) is 5.60 Å². The van der Waals surface area contributed by atoms with E-state index < -0.39 is 23.1 Å². The second kappa shape index (κ2) is 3.72. The summed E-state index contributed by atoms with van der Waals surface area (Å²) in [6.45, 7) is 7.00. The van der Waals surface area contributed by atoms with Crippen molar-refractivity contribution in [2.24, 2.45) is 5.41 Å². The summed E-state index contributed by atoms with van der Waals surface area (Å²) in [6, 6.07) is 0. The van der Waals surface area contributed by atoms with Gasteiger partial charge in [-0.1, -0.05) is 0 Å². The van der Waals surface area contributed by atoms with E-state index in [4.69, 9.17) is 4.74 Å². The van der Waals surface area contributed by atoms with Gasteiger partial charge in [-0.15, -0.1) is 5.48 Å². The highest BCUT2D eigenvalue weighted by molar-refractivity contribution is 5.80. The first-order valence-electron chi connectivity index (χ1n) is 4.93. The van der Waals surface area contributed by atoms with E-state index in [1.165, 1.54) is 0 Å². The molecule has 0 atom stereocenters. The third-order valence-electron chi connectivity index (χ3n) is 2.12. The molecular weight excluding hydrogens is 198 g/mol. The molecule has 0 unspecified atom stereocenters. The number of nitrogens with one attached hydrogen (secondary N) is 1. The molecule has 5 heteroatoms. The number of rotatable bonds is 1. The van der Waals surface area contributed by atoms with Gasteiger partial charge >= 0.3 is 12.1 Å². The summed E-state index contributed by atoms with van der Waals surface area (Å²) in [5.74, 6) is -0.409. The molecule has 1 N–H and O–H groups in total. The monoisotopic (exact) mass is 215 g/mol. The smallest absolute Gasteiger partial charge is 0.441 e. The highest BCUT2D eigenvalue weighted by Crippen LogP contribution is 2.45. The lowest BCUT2D eigenvalue weighted by atomic mass is 10.1. The second-order valence-electron chi connectivity index (χ2n) is 5.05. The van der Waals surface area contributed by atoms with E-state index >= 15 is 0 Å². The van der Waals surface area contributed by atoms with Crippen molar-refractivity contribution in [3.8, 4) is 0 Å². The number of carbonyl (C=O) groups is 2. The average Bonchev–Trinajstić information content (AvgIpc) is 2.77. The molecule has 1 fully saturated rings. The van der Waals surface area contributed by atoms with Gasteiger partial charge in [0.25, 0.3) is 0 Å². The van der Waals surface area contributed by atoms with Gasteiger partial charge in [0, 0.05) is 0 Å². The topological polar surface area (TPSA) is 64.6 Å². The van der Waals surface area contributed by atoms with Gasteiger partial charge in [0.15, 0.2) is 0 Å². The molecular formula is C10H17NO4. The maximum Gasteiger partial charge on any atom is 0.441 e. The SMILES string of the molecule is CC(C)(C)OC(=O)NOC(=O)C1(C)CC1. The Hall–Kier alpha value is -1.26. The largest absolute Gasteiger partial charge is 0.442 e. The summed E-state index contributed by atoms with van der Waals surface area (Å²) < 4.78 is 4.89. The van der Waals surface area contributed by atoms with Crippen molar-refractivity contribution in [1.82, 2.24) is 5.48 Å². The van der Waals surface area contributed by atoms with Crippen LogP contribution in [0.3, 0.4) is 0 Å². The van der Waals surface area contributed by atoms with Crippen molar-refractivity contribution in [2.75, 3.05) is 0 Å². The molecule has 1 rings (SSSR count). The summed E-state index contributed by atoms with van der Waals surface area (Å²) in [5, 5.41) is 0. The molecule has 1 saturated carbocycles.